The molecule has 0 aliphatic carbocycles. The highest BCUT2D eigenvalue weighted by Crippen LogP contribution is 2.32. The lowest BCUT2D eigenvalue weighted by molar-refractivity contribution is -0.143. The minimum absolute atomic E-state index is 0.430. The predicted molar refractivity (Wildman–Crippen MR) is 107 cm³/mol. The van der Waals surface area contributed by atoms with Crippen LogP contribution in [0.15, 0.2) is 42.7 Å². The molecule has 1 aromatic carbocycles. The van der Waals surface area contributed by atoms with Crippen molar-refractivity contribution in [3.05, 3.63) is 58.9 Å². The standard InChI is InChI=1S/C20H18ClF3N4O2/c21-13-2-3-14-15(11-25-16(14)9-13)18(19(29)30)28-7-5-27(6-8-28)17-4-1-12(10-26-17)20(22,23)24/h1-4,9-11,18,25H,5-8H2,(H,29,30)/t18-/m0/s1. The van der Waals surface area contributed by atoms with Crippen molar-refractivity contribution < 1.29 is 23.1 Å². The van der Waals surface area contributed by atoms with Gasteiger partial charge in [0.25, 0.3) is 0 Å². The van der Waals surface area contributed by atoms with Gasteiger partial charge < -0.3 is 15.0 Å². The number of anilines is 1. The van der Waals surface area contributed by atoms with Gasteiger partial charge in [-0.25, -0.2) is 4.98 Å². The van der Waals surface area contributed by atoms with Crippen LogP contribution in [0.4, 0.5) is 19.0 Å². The van der Waals surface area contributed by atoms with Crippen LogP contribution in [0.2, 0.25) is 5.02 Å². The van der Waals surface area contributed by atoms with Gasteiger partial charge in [0.15, 0.2) is 0 Å². The maximum atomic E-state index is 12.7. The summed E-state index contributed by atoms with van der Waals surface area (Å²) in [7, 11) is 0. The maximum Gasteiger partial charge on any atom is 0.417 e. The Labute approximate surface area is 174 Å². The van der Waals surface area contributed by atoms with Crippen LogP contribution >= 0.6 is 11.6 Å². The number of hydrogen-bond acceptors (Lipinski definition) is 4. The first kappa shape index (κ1) is 20.5. The van der Waals surface area contributed by atoms with E-state index < -0.39 is 23.8 Å². The topological polar surface area (TPSA) is 72.5 Å². The molecular weight excluding hydrogens is 421 g/mol. The highest BCUT2D eigenvalue weighted by Gasteiger charge is 2.33. The number of benzene rings is 1. The van der Waals surface area contributed by atoms with Gasteiger partial charge in [-0.1, -0.05) is 17.7 Å². The summed E-state index contributed by atoms with van der Waals surface area (Å²) in [6, 6.07) is 6.76. The second kappa shape index (κ2) is 7.81. The summed E-state index contributed by atoms with van der Waals surface area (Å²) in [5.74, 6) is -0.525. The van der Waals surface area contributed by atoms with Gasteiger partial charge in [0, 0.05) is 60.1 Å². The molecule has 158 valence electrons. The molecule has 1 fully saturated rings. The normalized spacial score (nSPS) is 16.7. The third-order valence-corrected chi connectivity index (χ3v) is 5.52. The number of carboxylic acid groups (broad SMARTS) is 1. The molecule has 1 aliphatic rings. The number of fused-ring (bicyclic) bond motifs is 1. The number of piperazine rings is 1. The average molecular weight is 439 g/mol. The number of aromatic amines is 1. The van der Waals surface area contributed by atoms with Crippen LogP contribution in [-0.2, 0) is 11.0 Å². The molecular formula is C20H18ClF3N4O2. The molecule has 6 nitrogen and oxygen atoms in total. The first-order valence-corrected chi connectivity index (χ1v) is 9.63. The number of halogens is 4. The van der Waals surface area contributed by atoms with Gasteiger partial charge in [0.2, 0.25) is 0 Å². The van der Waals surface area contributed by atoms with Crippen LogP contribution in [0.1, 0.15) is 17.2 Å². The molecule has 0 bridgehead atoms. The lowest BCUT2D eigenvalue weighted by Gasteiger charge is -2.38. The van der Waals surface area contributed by atoms with Gasteiger partial charge in [-0.05, 0) is 24.3 Å². The van der Waals surface area contributed by atoms with Crippen LogP contribution in [0.3, 0.4) is 0 Å². The van der Waals surface area contributed by atoms with E-state index in [4.69, 9.17) is 11.6 Å². The number of carbonyl (C=O) groups is 1. The molecule has 2 N–H and O–H groups in total. The number of hydrogen-bond donors (Lipinski definition) is 2. The highest BCUT2D eigenvalue weighted by molar-refractivity contribution is 6.31. The number of aromatic nitrogens is 2. The van der Waals surface area contributed by atoms with Crippen molar-refractivity contribution in [2.24, 2.45) is 0 Å². The van der Waals surface area contributed by atoms with Gasteiger partial charge in [-0.2, -0.15) is 13.2 Å². The fourth-order valence-corrected chi connectivity index (χ4v) is 3.96. The Kier molecular flexibility index (Phi) is 5.33. The van der Waals surface area contributed by atoms with Crippen LogP contribution in [0.25, 0.3) is 10.9 Å². The fraction of sp³-hybridized carbons (Fsp3) is 0.300. The zero-order chi connectivity index (χ0) is 21.5. The Hall–Kier alpha value is -2.78. The van der Waals surface area contributed by atoms with E-state index in [1.807, 2.05) is 9.80 Å². The second-order valence-corrected chi connectivity index (χ2v) is 7.54. The van der Waals surface area contributed by atoms with Crippen LogP contribution in [0.5, 0.6) is 0 Å². The van der Waals surface area contributed by atoms with Gasteiger partial charge >= 0.3 is 12.1 Å². The van der Waals surface area contributed by atoms with Crippen molar-refractivity contribution in [3.63, 3.8) is 0 Å². The molecule has 1 saturated heterocycles. The van der Waals surface area contributed by atoms with E-state index in [0.29, 0.717) is 42.6 Å². The first-order valence-electron chi connectivity index (χ1n) is 9.25. The summed E-state index contributed by atoms with van der Waals surface area (Å²) in [5, 5.41) is 11.2. The van der Waals surface area contributed by atoms with E-state index in [9.17, 15) is 23.1 Å². The summed E-state index contributed by atoms with van der Waals surface area (Å²) >= 11 is 6.01. The molecule has 30 heavy (non-hydrogen) atoms. The van der Waals surface area contributed by atoms with E-state index >= 15 is 0 Å². The third kappa shape index (κ3) is 3.95. The number of aliphatic carboxylic acids is 1. The number of rotatable bonds is 4. The summed E-state index contributed by atoms with van der Waals surface area (Å²) in [6.07, 6.45) is -1.93. The monoisotopic (exact) mass is 438 g/mol. The number of nitrogens with zero attached hydrogens (tertiary/aromatic N) is 3. The van der Waals surface area contributed by atoms with Crippen molar-refractivity contribution in [2.45, 2.75) is 12.2 Å². The molecule has 4 rings (SSSR count). The van der Waals surface area contributed by atoms with E-state index in [-0.39, 0.29) is 0 Å². The zero-order valence-corrected chi connectivity index (χ0v) is 16.4. The molecule has 10 heteroatoms. The lowest BCUT2D eigenvalue weighted by Crippen LogP contribution is -2.49. The largest absolute Gasteiger partial charge is 0.480 e. The Morgan fingerprint density at radius 3 is 2.50 bits per heavy atom. The SMILES string of the molecule is O=C(O)[C@H](c1c[nH]c2cc(Cl)ccc12)N1CCN(c2ccc(C(F)(F)F)cn2)CC1. The molecule has 3 aromatic rings. The minimum atomic E-state index is -4.43. The van der Waals surface area contributed by atoms with Crippen molar-refractivity contribution in [1.82, 2.24) is 14.9 Å². The molecule has 0 unspecified atom stereocenters. The molecule has 0 radical (unpaired) electrons. The fourth-order valence-electron chi connectivity index (χ4n) is 3.78. The van der Waals surface area contributed by atoms with Crippen LogP contribution in [-0.4, -0.2) is 52.1 Å². The number of nitrogens with one attached hydrogen (secondary N) is 1. The number of H-pyrrole nitrogens is 1. The predicted octanol–water partition coefficient (Wildman–Crippen LogP) is 4.18. The zero-order valence-electron chi connectivity index (χ0n) is 15.7. The Morgan fingerprint density at radius 1 is 1.17 bits per heavy atom. The van der Waals surface area contributed by atoms with Crippen molar-refractivity contribution >= 4 is 34.3 Å². The second-order valence-electron chi connectivity index (χ2n) is 7.10. The smallest absolute Gasteiger partial charge is 0.417 e. The highest BCUT2D eigenvalue weighted by atomic mass is 35.5. The molecule has 0 saturated carbocycles. The summed E-state index contributed by atoms with van der Waals surface area (Å²) < 4.78 is 38.2. The Bertz CT molecular complexity index is 1060. The summed E-state index contributed by atoms with van der Waals surface area (Å²) in [5.41, 5.74) is 0.613. The van der Waals surface area contributed by atoms with Crippen molar-refractivity contribution in [2.75, 3.05) is 31.1 Å². The van der Waals surface area contributed by atoms with E-state index in [1.54, 1.807) is 24.4 Å². The van der Waals surface area contributed by atoms with Crippen LogP contribution in [0, 0.1) is 0 Å². The van der Waals surface area contributed by atoms with Gasteiger partial charge in [0.1, 0.15) is 11.9 Å². The number of pyridine rings is 1. The maximum absolute atomic E-state index is 12.7. The molecule has 1 aliphatic heterocycles. The van der Waals surface area contributed by atoms with E-state index in [2.05, 4.69) is 9.97 Å². The lowest BCUT2D eigenvalue weighted by atomic mass is 10.0. The quantitative estimate of drug-likeness (QED) is 0.639. The first-order chi connectivity index (χ1) is 14.2. The third-order valence-electron chi connectivity index (χ3n) is 5.28. The summed E-state index contributed by atoms with van der Waals surface area (Å²) in [6.45, 7) is 1.77. The number of alkyl halides is 3. The van der Waals surface area contributed by atoms with Gasteiger partial charge in [-0.15, -0.1) is 0 Å². The minimum Gasteiger partial charge on any atom is -0.480 e. The molecule has 2 aromatic heterocycles. The molecule has 3 heterocycles. The number of carboxylic acids is 1. The molecule has 0 amide bonds. The summed E-state index contributed by atoms with van der Waals surface area (Å²) in [4.78, 5) is 22.8. The Morgan fingerprint density at radius 2 is 1.90 bits per heavy atom. The van der Waals surface area contributed by atoms with E-state index in [1.165, 1.54) is 6.07 Å². The molecule has 1 atom stereocenters. The van der Waals surface area contributed by atoms with Crippen molar-refractivity contribution in [3.8, 4) is 0 Å². The molecule has 0 spiro atoms. The van der Waals surface area contributed by atoms with Crippen LogP contribution < -0.4 is 4.90 Å². The van der Waals surface area contributed by atoms with Crippen molar-refractivity contribution in [1.29, 1.82) is 0 Å². The average Bonchev–Trinajstić information content (AvgIpc) is 3.10. The van der Waals surface area contributed by atoms with E-state index in [0.717, 1.165) is 23.2 Å². The van der Waals surface area contributed by atoms with Gasteiger partial charge in [0.05, 0.1) is 5.56 Å². The van der Waals surface area contributed by atoms with Gasteiger partial charge in [-0.3, -0.25) is 9.69 Å². The Balaban J connectivity index is 1.50.